The number of rotatable bonds is 5. The fraction of sp³-hybridized carbons (Fsp3) is 0.455. The highest BCUT2D eigenvalue weighted by molar-refractivity contribution is 5.73. The van der Waals surface area contributed by atoms with Crippen LogP contribution in [0.25, 0.3) is 0 Å². The number of aromatic nitrogens is 1. The van der Waals surface area contributed by atoms with Crippen molar-refractivity contribution in [2.75, 3.05) is 6.61 Å². The summed E-state index contributed by atoms with van der Waals surface area (Å²) >= 11 is 0. The first-order chi connectivity index (χ1) is 7.45. The van der Waals surface area contributed by atoms with Gasteiger partial charge in [-0.2, -0.15) is 0 Å². The average molecular weight is 225 g/mol. The fourth-order valence-corrected chi connectivity index (χ4v) is 0.915. The molecule has 2 N–H and O–H groups in total. The molecule has 0 aliphatic rings. The molecule has 0 amide bonds. The van der Waals surface area contributed by atoms with Gasteiger partial charge in [0.05, 0.1) is 23.9 Å². The molecule has 88 valence electrons. The molecule has 5 heteroatoms. The average Bonchev–Trinajstić information content (AvgIpc) is 2.27. The van der Waals surface area contributed by atoms with Gasteiger partial charge in [-0.25, -0.2) is 0 Å². The predicted octanol–water partition coefficient (Wildman–Crippen LogP) is 1.06. The topological polar surface area (TPSA) is 79.7 Å². The van der Waals surface area contributed by atoms with Crippen molar-refractivity contribution in [2.45, 2.75) is 20.5 Å². The number of carboxylic acids is 1. The molecular formula is C11H15NO4. The zero-order chi connectivity index (χ0) is 12.2. The van der Waals surface area contributed by atoms with E-state index in [-0.39, 0.29) is 13.2 Å². The Bertz CT molecular complexity index is 359. The number of ether oxygens (including phenoxy) is 1. The number of nitrogens with zero attached hydrogens (tertiary/aromatic N) is 1. The molecule has 0 aromatic carbocycles. The SMILES string of the molecule is CC(C)(COc1ccc(CO)nc1)C(=O)O. The smallest absolute Gasteiger partial charge is 0.312 e. The highest BCUT2D eigenvalue weighted by Gasteiger charge is 2.28. The van der Waals surface area contributed by atoms with Crippen LogP contribution in [0.15, 0.2) is 18.3 Å². The Morgan fingerprint density at radius 1 is 1.50 bits per heavy atom. The van der Waals surface area contributed by atoms with E-state index in [4.69, 9.17) is 14.9 Å². The molecule has 0 bridgehead atoms. The summed E-state index contributed by atoms with van der Waals surface area (Å²) in [5.74, 6) is -0.418. The number of aliphatic hydroxyl groups is 1. The molecule has 0 fully saturated rings. The van der Waals surface area contributed by atoms with Gasteiger partial charge in [-0.05, 0) is 26.0 Å². The zero-order valence-corrected chi connectivity index (χ0v) is 9.30. The van der Waals surface area contributed by atoms with E-state index in [2.05, 4.69) is 4.98 Å². The molecule has 16 heavy (non-hydrogen) atoms. The molecule has 0 unspecified atom stereocenters. The first kappa shape index (κ1) is 12.4. The Balaban J connectivity index is 2.58. The van der Waals surface area contributed by atoms with E-state index in [1.807, 2.05) is 0 Å². The van der Waals surface area contributed by atoms with Crippen LogP contribution in [0.5, 0.6) is 5.75 Å². The summed E-state index contributed by atoms with van der Waals surface area (Å²) in [4.78, 5) is 14.7. The highest BCUT2D eigenvalue weighted by Crippen LogP contribution is 2.18. The summed E-state index contributed by atoms with van der Waals surface area (Å²) in [5.41, 5.74) is -0.389. The summed E-state index contributed by atoms with van der Waals surface area (Å²) in [7, 11) is 0. The number of aliphatic hydroxyl groups excluding tert-OH is 1. The van der Waals surface area contributed by atoms with Crippen LogP contribution < -0.4 is 4.74 Å². The lowest BCUT2D eigenvalue weighted by Gasteiger charge is -2.19. The summed E-state index contributed by atoms with van der Waals surface area (Å²) in [5, 5.41) is 17.7. The van der Waals surface area contributed by atoms with Crippen LogP contribution in [0.3, 0.4) is 0 Å². The number of aliphatic carboxylic acids is 1. The second kappa shape index (κ2) is 4.94. The monoisotopic (exact) mass is 225 g/mol. The van der Waals surface area contributed by atoms with Crippen LogP contribution in [-0.2, 0) is 11.4 Å². The van der Waals surface area contributed by atoms with Gasteiger partial charge in [-0.1, -0.05) is 0 Å². The molecule has 0 radical (unpaired) electrons. The molecule has 0 saturated carbocycles. The molecule has 0 spiro atoms. The predicted molar refractivity (Wildman–Crippen MR) is 57.1 cm³/mol. The number of pyridine rings is 1. The van der Waals surface area contributed by atoms with Crippen molar-refractivity contribution in [3.05, 3.63) is 24.0 Å². The lowest BCUT2D eigenvalue weighted by molar-refractivity contribution is -0.148. The van der Waals surface area contributed by atoms with E-state index in [0.717, 1.165) is 0 Å². The highest BCUT2D eigenvalue weighted by atomic mass is 16.5. The van der Waals surface area contributed by atoms with E-state index in [9.17, 15) is 4.79 Å². The Labute approximate surface area is 93.7 Å². The first-order valence-electron chi connectivity index (χ1n) is 4.88. The molecule has 0 aliphatic heterocycles. The second-order valence-electron chi connectivity index (χ2n) is 4.12. The zero-order valence-electron chi connectivity index (χ0n) is 9.30. The molecule has 1 aromatic rings. The minimum atomic E-state index is -0.935. The third kappa shape index (κ3) is 3.20. The van der Waals surface area contributed by atoms with E-state index in [0.29, 0.717) is 11.4 Å². The van der Waals surface area contributed by atoms with E-state index in [1.54, 1.807) is 26.0 Å². The number of carbonyl (C=O) groups is 1. The lowest BCUT2D eigenvalue weighted by atomic mass is 9.95. The Morgan fingerprint density at radius 3 is 2.62 bits per heavy atom. The number of hydrogen-bond donors (Lipinski definition) is 2. The van der Waals surface area contributed by atoms with Gasteiger partial charge < -0.3 is 14.9 Å². The fourth-order valence-electron chi connectivity index (χ4n) is 0.915. The maximum atomic E-state index is 10.8. The molecule has 1 heterocycles. The second-order valence-corrected chi connectivity index (χ2v) is 4.12. The van der Waals surface area contributed by atoms with Gasteiger partial charge in [0.1, 0.15) is 12.4 Å². The van der Waals surface area contributed by atoms with E-state index in [1.165, 1.54) is 6.20 Å². The van der Waals surface area contributed by atoms with Gasteiger partial charge in [-0.3, -0.25) is 9.78 Å². The largest absolute Gasteiger partial charge is 0.491 e. The van der Waals surface area contributed by atoms with Crippen LogP contribution in [0.2, 0.25) is 0 Å². The van der Waals surface area contributed by atoms with Crippen LogP contribution >= 0.6 is 0 Å². The Kier molecular flexibility index (Phi) is 3.84. The van der Waals surface area contributed by atoms with Crippen LogP contribution in [0, 0.1) is 5.41 Å². The maximum absolute atomic E-state index is 10.8. The minimum Gasteiger partial charge on any atom is -0.491 e. The Hall–Kier alpha value is -1.62. The van der Waals surface area contributed by atoms with Crippen molar-refractivity contribution >= 4 is 5.97 Å². The van der Waals surface area contributed by atoms with Crippen molar-refractivity contribution in [3.8, 4) is 5.75 Å². The maximum Gasteiger partial charge on any atom is 0.312 e. The summed E-state index contributed by atoms with van der Waals surface area (Å²) in [6.07, 6.45) is 1.46. The van der Waals surface area contributed by atoms with Crippen molar-refractivity contribution < 1.29 is 19.7 Å². The molecular weight excluding hydrogens is 210 g/mol. The standard InChI is InChI=1S/C11H15NO4/c1-11(2,10(14)15)7-16-9-4-3-8(6-13)12-5-9/h3-5,13H,6-7H2,1-2H3,(H,14,15). The molecule has 0 aliphatic carbocycles. The van der Waals surface area contributed by atoms with Crippen LogP contribution in [-0.4, -0.2) is 27.8 Å². The van der Waals surface area contributed by atoms with Gasteiger partial charge >= 0.3 is 5.97 Å². The van der Waals surface area contributed by atoms with Gasteiger partial charge in [0, 0.05) is 0 Å². The van der Waals surface area contributed by atoms with Gasteiger partial charge in [0.25, 0.3) is 0 Å². The van der Waals surface area contributed by atoms with E-state index < -0.39 is 11.4 Å². The van der Waals surface area contributed by atoms with Crippen molar-refractivity contribution in [1.29, 1.82) is 0 Å². The summed E-state index contributed by atoms with van der Waals surface area (Å²) < 4.78 is 5.31. The van der Waals surface area contributed by atoms with Crippen molar-refractivity contribution in [1.82, 2.24) is 4.98 Å². The molecule has 0 saturated heterocycles. The van der Waals surface area contributed by atoms with Crippen LogP contribution in [0.1, 0.15) is 19.5 Å². The third-order valence-corrected chi connectivity index (χ3v) is 2.14. The molecule has 0 atom stereocenters. The van der Waals surface area contributed by atoms with Gasteiger partial charge in [0.2, 0.25) is 0 Å². The first-order valence-corrected chi connectivity index (χ1v) is 4.88. The van der Waals surface area contributed by atoms with Gasteiger partial charge in [0.15, 0.2) is 0 Å². The normalized spacial score (nSPS) is 11.2. The minimum absolute atomic E-state index is 0.0719. The van der Waals surface area contributed by atoms with Crippen LogP contribution in [0.4, 0.5) is 0 Å². The van der Waals surface area contributed by atoms with Crippen molar-refractivity contribution in [3.63, 3.8) is 0 Å². The quantitative estimate of drug-likeness (QED) is 0.783. The Morgan fingerprint density at radius 2 is 2.19 bits per heavy atom. The summed E-state index contributed by atoms with van der Waals surface area (Å²) in [6, 6.07) is 3.28. The van der Waals surface area contributed by atoms with E-state index >= 15 is 0 Å². The summed E-state index contributed by atoms with van der Waals surface area (Å²) in [6.45, 7) is 3.12. The molecule has 1 rings (SSSR count). The number of carboxylic acid groups (broad SMARTS) is 1. The number of hydrogen-bond acceptors (Lipinski definition) is 4. The van der Waals surface area contributed by atoms with Gasteiger partial charge in [-0.15, -0.1) is 0 Å². The third-order valence-electron chi connectivity index (χ3n) is 2.14. The van der Waals surface area contributed by atoms with Crippen molar-refractivity contribution in [2.24, 2.45) is 5.41 Å². The molecule has 1 aromatic heterocycles. The lowest BCUT2D eigenvalue weighted by Crippen LogP contribution is -2.30. The molecule has 5 nitrogen and oxygen atoms in total.